The Morgan fingerprint density at radius 3 is 2.58 bits per heavy atom. The number of thiazole rings is 1. The number of aryl methyl sites for hydroxylation is 2. The molecule has 0 spiro atoms. The van der Waals surface area contributed by atoms with Crippen LogP contribution in [0.3, 0.4) is 0 Å². The first-order valence-corrected chi connectivity index (χ1v) is 9.81. The number of amides is 1. The van der Waals surface area contributed by atoms with Gasteiger partial charge in [-0.2, -0.15) is 0 Å². The van der Waals surface area contributed by atoms with Crippen molar-refractivity contribution in [1.82, 2.24) is 4.98 Å². The maximum atomic E-state index is 13.1. The predicted molar refractivity (Wildman–Crippen MR) is 110 cm³/mol. The minimum atomic E-state index is 0.0211. The molecule has 1 aromatic heterocycles. The summed E-state index contributed by atoms with van der Waals surface area (Å²) in [4.78, 5) is 21.2. The molecule has 1 heterocycles. The van der Waals surface area contributed by atoms with E-state index in [1.807, 2.05) is 35.2 Å². The first-order valence-electron chi connectivity index (χ1n) is 8.99. The Balaban J connectivity index is 1.97. The van der Waals surface area contributed by atoms with Crippen LogP contribution in [0.1, 0.15) is 27.9 Å². The van der Waals surface area contributed by atoms with Gasteiger partial charge in [-0.05, 0) is 43.2 Å². The average molecular weight is 369 g/mol. The Bertz CT molecular complexity index is 902. The third kappa shape index (κ3) is 4.11. The second kappa shape index (κ2) is 7.98. The molecule has 136 valence electrons. The van der Waals surface area contributed by atoms with Gasteiger partial charge in [-0.3, -0.25) is 9.69 Å². The van der Waals surface area contributed by atoms with E-state index >= 15 is 0 Å². The van der Waals surface area contributed by atoms with E-state index in [-0.39, 0.29) is 5.91 Å². The molecule has 3 aromatic rings. The predicted octanol–water partition coefficient (Wildman–Crippen LogP) is 3.09. The van der Waals surface area contributed by atoms with Crippen molar-refractivity contribution in [3.63, 3.8) is 0 Å². The van der Waals surface area contributed by atoms with Crippen molar-refractivity contribution < 1.29 is 9.69 Å². The molecule has 0 radical (unpaired) electrons. The molecule has 0 aliphatic rings. The smallest absolute Gasteiger partial charge is 0.260 e. The van der Waals surface area contributed by atoms with E-state index in [9.17, 15) is 4.79 Å². The van der Waals surface area contributed by atoms with Crippen LogP contribution in [-0.4, -0.2) is 38.1 Å². The van der Waals surface area contributed by atoms with E-state index in [2.05, 4.69) is 40.1 Å². The number of hydrogen-bond donors (Lipinski definition) is 1. The molecule has 1 amide bonds. The van der Waals surface area contributed by atoms with E-state index in [1.54, 1.807) is 11.3 Å². The highest BCUT2D eigenvalue weighted by atomic mass is 32.1. The minimum absolute atomic E-state index is 0.0211. The van der Waals surface area contributed by atoms with Crippen LogP contribution in [0.5, 0.6) is 0 Å². The number of nitrogens with one attached hydrogen (secondary N) is 1. The lowest BCUT2D eigenvalue weighted by Gasteiger charge is -2.20. The van der Waals surface area contributed by atoms with Crippen LogP contribution in [0, 0.1) is 13.8 Å². The minimum Gasteiger partial charge on any atom is -0.340 e. The molecule has 5 heteroatoms. The molecule has 0 bridgehead atoms. The van der Waals surface area contributed by atoms with Crippen molar-refractivity contribution in [2.24, 2.45) is 0 Å². The van der Waals surface area contributed by atoms with Crippen LogP contribution in [0.4, 0.5) is 5.13 Å². The molecule has 0 saturated heterocycles. The van der Waals surface area contributed by atoms with Gasteiger partial charge in [0.05, 0.1) is 30.9 Å². The number of aromatic nitrogens is 1. The van der Waals surface area contributed by atoms with Crippen molar-refractivity contribution >= 4 is 32.6 Å². The van der Waals surface area contributed by atoms with Crippen molar-refractivity contribution in [2.75, 3.05) is 32.1 Å². The zero-order valence-electron chi connectivity index (χ0n) is 15.9. The summed E-state index contributed by atoms with van der Waals surface area (Å²) >= 11 is 1.61. The zero-order chi connectivity index (χ0) is 18.7. The molecule has 0 fully saturated rings. The van der Waals surface area contributed by atoms with E-state index < -0.39 is 0 Å². The first kappa shape index (κ1) is 18.5. The van der Waals surface area contributed by atoms with E-state index in [0.29, 0.717) is 12.1 Å². The Morgan fingerprint density at radius 1 is 1.15 bits per heavy atom. The molecule has 1 N–H and O–H groups in total. The van der Waals surface area contributed by atoms with E-state index in [1.165, 1.54) is 16.0 Å². The molecule has 3 rings (SSSR count). The number of hydrogen-bond acceptors (Lipinski definition) is 3. The Kier molecular flexibility index (Phi) is 5.69. The third-order valence-corrected chi connectivity index (χ3v) is 5.59. The lowest BCUT2D eigenvalue weighted by molar-refractivity contribution is -0.858. The summed E-state index contributed by atoms with van der Waals surface area (Å²) in [7, 11) is 4.26. The molecule has 0 saturated carbocycles. The SMILES string of the molecule is Cc1cc(C)c2sc(N(CCC[NH+](C)C)C(=O)c3ccccc3)nc2c1. The van der Waals surface area contributed by atoms with E-state index in [4.69, 9.17) is 4.98 Å². The topological polar surface area (TPSA) is 37.6 Å². The molecule has 0 unspecified atom stereocenters. The second-order valence-corrected chi connectivity index (χ2v) is 8.04. The molecule has 4 nitrogen and oxygen atoms in total. The fourth-order valence-electron chi connectivity index (χ4n) is 3.09. The number of benzene rings is 2. The number of quaternary nitrogens is 1. The maximum Gasteiger partial charge on any atom is 0.260 e. The van der Waals surface area contributed by atoms with Gasteiger partial charge in [0.1, 0.15) is 0 Å². The van der Waals surface area contributed by atoms with Crippen LogP contribution in [0.15, 0.2) is 42.5 Å². The molecule has 26 heavy (non-hydrogen) atoms. The van der Waals surface area contributed by atoms with Crippen LogP contribution in [-0.2, 0) is 0 Å². The standard InChI is InChI=1S/C21H25N3OS/c1-15-13-16(2)19-18(14-15)22-21(26-19)24(12-8-11-23(3)4)20(25)17-9-6-5-7-10-17/h5-7,9-10,13-14H,8,11-12H2,1-4H3/p+1. The monoisotopic (exact) mass is 368 g/mol. The van der Waals surface area contributed by atoms with Crippen LogP contribution < -0.4 is 9.80 Å². The summed E-state index contributed by atoms with van der Waals surface area (Å²) in [6.45, 7) is 5.88. The summed E-state index contributed by atoms with van der Waals surface area (Å²) < 4.78 is 1.16. The van der Waals surface area contributed by atoms with Crippen LogP contribution in [0.2, 0.25) is 0 Å². The number of carbonyl (C=O) groups is 1. The highest BCUT2D eigenvalue weighted by Crippen LogP contribution is 2.32. The molecule has 0 aliphatic carbocycles. The van der Waals surface area contributed by atoms with Gasteiger partial charge < -0.3 is 4.90 Å². The zero-order valence-corrected chi connectivity index (χ0v) is 16.7. The van der Waals surface area contributed by atoms with Crippen molar-refractivity contribution in [3.05, 3.63) is 59.2 Å². The number of fused-ring (bicyclic) bond motifs is 1. The third-order valence-electron chi connectivity index (χ3n) is 4.36. The molecule has 0 atom stereocenters. The van der Waals surface area contributed by atoms with Gasteiger partial charge in [0.25, 0.3) is 5.91 Å². The molecular weight excluding hydrogens is 342 g/mol. The molecule has 2 aromatic carbocycles. The highest BCUT2D eigenvalue weighted by Gasteiger charge is 2.21. The van der Waals surface area contributed by atoms with E-state index in [0.717, 1.165) is 28.3 Å². The summed E-state index contributed by atoms with van der Waals surface area (Å²) in [5, 5.41) is 0.788. The number of anilines is 1. The Labute approximate surface area is 159 Å². The maximum absolute atomic E-state index is 13.1. The van der Waals surface area contributed by atoms with Crippen molar-refractivity contribution in [1.29, 1.82) is 0 Å². The lowest BCUT2D eigenvalue weighted by Crippen LogP contribution is -3.05. The summed E-state index contributed by atoms with van der Waals surface area (Å²) in [5.74, 6) is 0.0211. The van der Waals surface area contributed by atoms with Crippen molar-refractivity contribution in [3.8, 4) is 0 Å². The second-order valence-electron chi connectivity index (χ2n) is 7.06. The summed E-state index contributed by atoms with van der Waals surface area (Å²) in [6.07, 6.45) is 0.939. The van der Waals surface area contributed by atoms with Gasteiger partial charge in [0.2, 0.25) is 0 Å². The fourth-order valence-corrected chi connectivity index (χ4v) is 4.13. The summed E-state index contributed by atoms with van der Waals surface area (Å²) in [5.41, 5.74) is 4.10. The first-order chi connectivity index (χ1) is 12.5. The number of rotatable bonds is 6. The van der Waals surface area contributed by atoms with Gasteiger partial charge in [0.15, 0.2) is 5.13 Å². The van der Waals surface area contributed by atoms with Gasteiger partial charge in [0, 0.05) is 18.5 Å². The lowest BCUT2D eigenvalue weighted by atomic mass is 10.1. The number of carbonyl (C=O) groups excluding carboxylic acids is 1. The fraction of sp³-hybridized carbons (Fsp3) is 0.333. The largest absolute Gasteiger partial charge is 0.340 e. The highest BCUT2D eigenvalue weighted by molar-refractivity contribution is 7.22. The Hall–Kier alpha value is -2.24. The Morgan fingerprint density at radius 2 is 1.88 bits per heavy atom. The van der Waals surface area contributed by atoms with Gasteiger partial charge in [-0.15, -0.1) is 0 Å². The van der Waals surface area contributed by atoms with Gasteiger partial charge in [-0.1, -0.05) is 35.6 Å². The van der Waals surface area contributed by atoms with Crippen LogP contribution in [0.25, 0.3) is 10.2 Å². The number of nitrogens with zero attached hydrogens (tertiary/aromatic N) is 2. The van der Waals surface area contributed by atoms with Crippen molar-refractivity contribution in [2.45, 2.75) is 20.3 Å². The van der Waals surface area contributed by atoms with Gasteiger partial charge >= 0.3 is 0 Å². The quantitative estimate of drug-likeness (QED) is 0.726. The van der Waals surface area contributed by atoms with Gasteiger partial charge in [-0.25, -0.2) is 4.98 Å². The normalized spacial score (nSPS) is 11.3. The van der Waals surface area contributed by atoms with Crippen LogP contribution >= 0.6 is 11.3 Å². The average Bonchev–Trinajstić information content (AvgIpc) is 3.02. The molecular formula is C21H26N3OS+. The molecule has 0 aliphatic heterocycles. The summed E-state index contributed by atoms with van der Waals surface area (Å²) in [6, 6.07) is 13.7.